The Labute approximate surface area is 99.2 Å². The first-order chi connectivity index (χ1) is 8.34. The number of halogens is 1. The van der Waals surface area contributed by atoms with E-state index in [1.165, 1.54) is 6.07 Å². The van der Waals surface area contributed by atoms with E-state index >= 15 is 0 Å². The molecule has 0 aliphatic carbocycles. The summed E-state index contributed by atoms with van der Waals surface area (Å²) in [4.78, 5) is 2.25. The summed E-state index contributed by atoms with van der Waals surface area (Å²) in [5.74, 6) is -0.175. The average Bonchev–Trinajstić information content (AvgIpc) is 2.83. The lowest BCUT2D eigenvalue weighted by Crippen LogP contribution is -2.43. The zero-order valence-corrected chi connectivity index (χ0v) is 9.58. The molecule has 2 aromatic rings. The molecule has 0 spiro atoms. The number of benzene rings is 1. The molecule has 0 saturated carbocycles. The van der Waals surface area contributed by atoms with Gasteiger partial charge in [-0.3, -0.25) is 4.90 Å². The predicted molar refractivity (Wildman–Crippen MR) is 64.3 cm³/mol. The van der Waals surface area contributed by atoms with Gasteiger partial charge in [-0.25, -0.2) is 4.39 Å². The van der Waals surface area contributed by atoms with E-state index in [0.717, 1.165) is 31.6 Å². The first-order valence-corrected chi connectivity index (χ1v) is 5.92. The molecule has 3 rings (SSSR count). The van der Waals surface area contributed by atoms with E-state index in [0.29, 0.717) is 17.7 Å². The molecule has 1 aromatic carbocycles. The minimum atomic E-state index is -0.175. The lowest BCUT2D eigenvalue weighted by Gasteiger charge is -2.27. The third-order valence-electron chi connectivity index (χ3n) is 3.26. The van der Waals surface area contributed by atoms with Gasteiger partial charge in [-0.15, -0.1) is 0 Å². The fraction of sp³-hybridized carbons (Fsp3) is 0.385. The molecule has 0 radical (unpaired) electrons. The van der Waals surface area contributed by atoms with Crippen molar-refractivity contribution >= 4 is 11.0 Å². The maximum atomic E-state index is 13.8. The largest absolute Gasteiger partial charge is 0.464 e. The second kappa shape index (κ2) is 4.47. The van der Waals surface area contributed by atoms with Gasteiger partial charge in [-0.05, 0) is 18.2 Å². The monoisotopic (exact) mass is 234 g/mol. The van der Waals surface area contributed by atoms with E-state index < -0.39 is 0 Å². The number of piperazine rings is 1. The second-order valence-electron chi connectivity index (χ2n) is 4.39. The number of fused-ring (bicyclic) bond motifs is 1. The van der Waals surface area contributed by atoms with E-state index in [9.17, 15) is 4.39 Å². The number of nitrogens with one attached hydrogen (secondary N) is 1. The molecule has 0 atom stereocenters. The van der Waals surface area contributed by atoms with E-state index in [2.05, 4.69) is 10.2 Å². The van der Waals surface area contributed by atoms with Crippen LogP contribution in [-0.4, -0.2) is 31.1 Å². The van der Waals surface area contributed by atoms with Gasteiger partial charge < -0.3 is 9.73 Å². The van der Waals surface area contributed by atoms with Gasteiger partial charge in [0.25, 0.3) is 0 Å². The van der Waals surface area contributed by atoms with Crippen molar-refractivity contribution in [2.75, 3.05) is 26.2 Å². The third-order valence-corrected chi connectivity index (χ3v) is 3.26. The minimum absolute atomic E-state index is 0.175. The topological polar surface area (TPSA) is 28.4 Å². The second-order valence-corrected chi connectivity index (χ2v) is 4.39. The molecule has 4 heteroatoms. The van der Waals surface area contributed by atoms with Gasteiger partial charge in [0.15, 0.2) is 0 Å². The van der Waals surface area contributed by atoms with Crippen LogP contribution in [0.5, 0.6) is 0 Å². The molecule has 1 aliphatic rings. The molecule has 1 N–H and O–H groups in total. The Hall–Kier alpha value is -1.39. The highest BCUT2D eigenvalue weighted by atomic mass is 19.1. The van der Waals surface area contributed by atoms with E-state index in [-0.39, 0.29) is 5.82 Å². The van der Waals surface area contributed by atoms with Crippen molar-refractivity contribution in [3.63, 3.8) is 0 Å². The predicted octanol–water partition coefficient (Wildman–Crippen LogP) is 1.98. The summed E-state index contributed by atoms with van der Waals surface area (Å²) in [7, 11) is 0. The van der Waals surface area contributed by atoms with Crippen LogP contribution in [0.25, 0.3) is 11.0 Å². The quantitative estimate of drug-likeness (QED) is 0.861. The highest BCUT2D eigenvalue weighted by Crippen LogP contribution is 2.24. The normalized spacial score (nSPS) is 17.7. The van der Waals surface area contributed by atoms with Gasteiger partial charge in [0, 0.05) is 43.7 Å². The Morgan fingerprint density at radius 1 is 1.24 bits per heavy atom. The van der Waals surface area contributed by atoms with Crippen molar-refractivity contribution in [3.05, 3.63) is 35.8 Å². The van der Waals surface area contributed by atoms with Crippen LogP contribution >= 0.6 is 0 Å². The third kappa shape index (κ3) is 2.06. The smallest absolute Gasteiger partial charge is 0.141 e. The molecule has 0 amide bonds. The Kier molecular flexibility index (Phi) is 2.82. The van der Waals surface area contributed by atoms with Crippen LogP contribution in [0.1, 0.15) is 5.56 Å². The molecule has 0 bridgehead atoms. The number of hydrogen-bond acceptors (Lipinski definition) is 3. The molecule has 1 fully saturated rings. The van der Waals surface area contributed by atoms with Crippen molar-refractivity contribution in [1.82, 2.24) is 10.2 Å². The highest BCUT2D eigenvalue weighted by molar-refractivity contribution is 5.80. The average molecular weight is 234 g/mol. The van der Waals surface area contributed by atoms with Crippen LogP contribution in [0, 0.1) is 5.82 Å². The zero-order valence-electron chi connectivity index (χ0n) is 9.58. The molecule has 3 nitrogen and oxygen atoms in total. The lowest BCUT2D eigenvalue weighted by molar-refractivity contribution is 0.230. The Balaban J connectivity index is 1.92. The van der Waals surface area contributed by atoms with Gasteiger partial charge in [0.05, 0.1) is 6.26 Å². The summed E-state index contributed by atoms with van der Waals surface area (Å²) in [6, 6.07) is 5.15. The molecule has 1 saturated heterocycles. The van der Waals surface area contributed by atoms with Gasteiger partial charge in [0.2, 0.25) is 0 Å². The fourth-order valence-corrected chi connectivity index (χ4v) is 2.31. The SMILES string of the molecule is Fc1ccc2ccoc2c1CN1CCNCC1. The van der Waals surface area contributed by atoms with Crippen molar-refractivity contribution in [2.24, 2.45) is 0 Å². The van der Waals surface area contributed by atoms with Crippen molar-refractivity contribution < 1.29 is 8.81 Å². The number of rotatable bonds is 2. The molecular weight excluding hydrogens is 219 g/mol. The molecule has 1 aliphatic heterocycles. The van der Waals surface area contributed by atoms with Gasteiger partial charge >= 0.3 is 0 Å². The summed E-state index contributed by atoms with van der Waals surface area (Å²) < 4.78 is 19.2. The first-order valence-electron chi connectivity index (χ1n) is 5.92. The van der Waals surface area contributed by atoms with Crippen molar-refractivity contribution in [2.45, 2.75) is 6.54 Å². The Bertz CT molecular complexity index is 517. The van der Waals surface area contributed by atoms with Gasteiger partial charge in [0.1, 0.15) is 11.4 Å². The van der Waals surface area contributed by atoms with E-state index in [1.807, 2.05) is 6.07 Å². The van der Waals surface area contributed by atoms with E-state index in [1.54, 1.807) is 12.3 Å². The Morgan fingerprint density at radius 3 is 2.88 bits per heavy atom. The number of furan rings is 1. The molecule has 90 valence electrons. The van der Waals surface area contributed by atoms with Crippen LogP contribution in [0.15, 0.2) is 28.9 Å². The van der Waals surface area contributed by atoms with Gasteiger partial charge in [-0.1, -0.05) is 0 Å². The maximum absolute atomic E-state index is 13.8. The fourth-order valence-electron chi connectivity index (χ4n) is 2.31. The number of hydrogen-bond donors (Lipinski definition) is 1. The standard InChI is InChI=1S/C13H15FN2O/c14-12-2-1-10-3-8-17-13(10)11(12)9-16-6-4-15-5-7-16/h1-3,8,15H,4-7,9H2. The van der Waals surface area contributed by atoms with Crippen molar-refractivity contribution in [3.8, 4) is 0 Å². The highest BCUT2D eigenvalue weighted by Gasteiger charge is 2.16. The zero-order chi connectivity index (χ0) is 11.7. The summed E-state index contributed by atoms with van der Waals surface area (Å²) in [5.41, 5.74) is 1.36. The van der Waals surface area contributed by atoms with Crippen LogP contribution in [0.3, 0.4) is 0 Å². The van der Waals surface area contributed by atoms with Crippen LogP contribution in [0.4, 0.5) is 4.39 Å². The molecule has 0 unspecified atom stereocenters. The lowest BCUT2D eigenvalue weighted by atomic mass is 10.1. The first kappa shape index (κ1) is 10.7. The van der Waals surface area contributed by atoms with Crippen LogP contribution in [-0.2, 0) is 6.54 Å². The van der Waals surface area contributed by atoms with Crippen LogP contribution < -0.4 is 5.32 Å². The number of nitrogens with zero attached hydrogens (tertiary/aromatic N) is 1. The van der Waals surface area contributed by atoms with Gasteiger partial charge in [-0.2, -0.15) is 0 Å². The molecule has 17 heavy (non-hydrogen) atoms. The summed E-state index contributed by atoms with van der Waals surface area (Å²) in [6.07, 6.45) is 1.62. The summed E-state index contributed by atoms with van der Waals surface area (Å²) in [6.45, 7) is 4.47. The summed E-state index contributed by atoms with van der Waals surface area (Å²) >= 11 is 0. The summed E-state index contributed by atoms with van der Waals surface area (Å²) in [5, 5.41) is 4.26. The molecule has 2 heterocycles. The molecule has 1 aromatic heterocycles. The van der Waals surface area contributed by atoms with Crippen molar-refractivity contribution in [1.29, 1.82) is 0 Å². The maximum Gasteiger partial charge on any atom is 0.141 e. The minimum Gasteiger partial charge on any atom is -0.464 e. The Morgan fingerprint density at radius 2 is 2.06 bits per heavy atom. The van der Waals surface area contributed by atoms with E-state index in [4.69, 9.17) is 4.42 Å². The van der Waals surface area contributed by atoms with Crippen LogP contribution in [0.2, 0.25) is 0 Å². The molecular formula is C13H15FN2O.